The van der Waals surface area contributed by atoms with E-state index in [0.717, 1.165) is 19.4 Å². The number of carbonyl (C=O) groups is 1. The van der Waals surface area contributed by atoms with Gasteiger partial charge in [0.1, 0.15) is 0 Å². The lowest BCUT2D eigenvalue weighted by Gasteiger charge is -2.14. The zero-order valence-electron chi connectivity index (χ0n) is 8.30. The van der Waals surface area contributed by atoms with Crippen molar-refractivity contribution < 1.29 is 4.79 Å². The summed E-state index contributed by atoms with van der Waals surface area (Å²) < 4.78 is 0. The van der Waals surface area contributed by atoms with E-state index in [-0.39, 0.29) is 11.3 Å². The largest absolute Gasteiger partial charge is 0.354 e. The Hall–Kier alpha value is -0.220. The number of hydrogen-bond donors (Lipinski definition) is 2. The third kappa shape index (κ3) is 2.61. The lowest BCUT2D eigenvalue weighted by atomic mass is 10.1. The molecule has 1 unspecified atom stereocenters. The predicted octanol–water partition coefficient (Wildman–Crippen LogP) is 0.593. The number of rotatable bonds is 5. The molecule has 1 aliphatic rings. The van der Waals surface area contributed by atoms with Crippen molar-refractivity contribution in [1.82, 2.24) is 5.32 Å². The summed E-state index contributed by atoms with van der Waals surface area (Å²) in [4.78, 5) is 11.6. The Labute approximate surface area is 83.8 Å². The van der Waals surface area contributed by atoms with Gasteiger partial charge in [0, 0.05) is 18.3 Å². The van der Waals surface area contributed by atoms with Gasteiger partial charge in [0.05, 0.1) is 5.41 Å². The molecule has 0 aromatic rings. The number of thioether (sulfide) groups is 1. The summed E-state index contributed by atoms with van der Waals surface area (Å²) in [6.45, 7) is 3.35. The number of hydrogen-bond acceptors (Lipinski definition) is 3. The highest BCUT2D eigenvalue weighted by Gasteiger charge is 2.48. The summed E-state index contributed by atoms with van der Waals surface area (Å²) in [5.41, 5.74) is 5.35. The van der Waals surface area contributed by atoms with Gasteiger partial charge in [-0.1, -0.05) is 6.92 Å². The molecule has 0 spiro atoms. The van der Waals surface area contributed by atoms with Gasteiger partial charge in [0.15, 0.2) is 0 Å². The van der Waals surface area contributed by atoms with Gasteiger partial charge in [0.25, 0.3) is 0 Å². The summed E-state index contributed by atoms with van der Waals surface area (Å²) in [5, 5.41) is 3.43. The first-order chi connectivity index (χ1) is 6.14. The van der Waals surface area contributed by atoms with Gasteiger partial charge in [0.2, 0.25) is 5.91 Å². The van der Waals surface area contributed by atoms with Crippen molar-refractivity contribution in [3.63, 3.8) is 0 Å². The monoisotopic (exact) mass is 202 g/mol. The first kappa shape index (κ1) is 10.9. The van der Waals surface area contributed by atoms with Crippen molar-refractivity contribution in [2.75, 3.05) is 19.3 Å². The van der Waals surface area contributed by atoms with Gasteiger partial charge in [-0.3, -0.25) is 4.79 Å². The first-order valence-corrected chi connectivity index (χ1v) is 5.94. The Kier molecular flexibility index (Phi) is 3.62. The SMILES string of the molecule is CSC(C)CNC(=O)C1(CN)CC1. The maximum Gasteiger partial charge on any atom is 0.227 e. The molecular formula is C9H18N2OS. The Morgan fingerprint density at radius 2 is 2.31 bits per heavy atom. The molecule has 1 rings (SSSR count). The standard InChI is InChI=1S/C9H18N2OS/c1-7(13-2)5-11-8(12)9(6-10)3-4-9/h7H,3-6,10H2,1-2H3,(H,11,12). The third-order valence-corrected chi connectivity index (χ3v) is 3.65. The fourth-order valence-electron chi connectivity index (χ4n) is 1.18. The molecule has 0 heterocycles. The van der Waals surface area contributed by atoms with Crippen LogP contribution in [0.1, 0.15) is 19.8 Å². The molecule has 0 radical (unpaired) electrons. The molecule has 1 aliphatic carbocycles. The van der Waals surface area contributed by atoms with Crippen LogP contribution in [0, 0.1) is 5.41 Å². The molecule has 0 saturated heterocycles. The molecule has 4 heteroatoms. The van der Waals surface area contributed by atoms with Crippen LogP contribution in [0.2, 0.25) is 0 Å². The summed E-state index contributed by atoms with van der Waals surface area (Å²) in [5.74, 6) is 0.149. The molecule has 1 atom stereocenters. The normalized spacial score (nSPS) is 20.8. The minimum Gasteiger partial charge on any atom is -0.354 e. The lowest BCUT2D eigenvalue weighted by molar-refractivity contribution is -0.125. The number of nitrogens with two attached hydrogens (primary N) is 1. The fraction of sp³-hybridized carbons (Fsp3) is 0.889. The second kappa shape index (κ2) is 4.33. The van der Waals surface area contributed by atoms with Crippen LogP contribution >= 0.6 is 11.8 Å². The van der Waals surface area contributed by atoms with Crippen LogP contribution in [-0.4, -0.2) is 30.5 Å². The van der Waals surface area contributed by atoms with E-state index >= 15 is 0 Å². The molecule has 0 bridgehead atoms. The van der Waals surface area contributed by atoms with E-state index in [1.54, 1.807) is 11.8 Å². The van der Waals surface area contributed by atoms with Crippen LogP contribution in [0.5, 0.6) is 0 Å². The highest BCUT2D eigenvalue weighted by Crippen LogP contribution is 2.44. The Morgan fingerprint density at radius 3 is 2.69 bits per heavy atom. The van der Waals surface area contributed by atoms with Gasteiger partial charge in [-0.05, 0) is 19.1 Å². The minimum absolute atomic E-state index is 0.149. The molecule has 1 fully saturated rings. The van der Waals surface area contributed by atoms with E-state index in [2.05, 4.69) is 12.2 Å². The highest BCUT2D eigenvalue weighted by atomic mass is 32.2. The number of carbonyl (C=O) groups excluding carboxylic acids is 1. The summed E-state index contributed by atoms with van der Waals surface area (Å²) in [6.07, 6.45) is 3.97. The van der Waals surface area contributed by atoms with Crippen LogP contribution in [0.4, 0.5) is 0 Å². The van der Waals surface area contributed by atoms with Crippen LogP contribution in [-0.2, 0) is 4.79 Å². The van der Waals surface area contributed by atoms with Crippen molar-refractivity contribution in [3.8, 4) is 0 Å². The van der Waals surface area contributed by atoms with E-state index in [4.69, 9.17) is 5.73 Å². The molecule has 0 aromatic heterocycles. The maximum atomic E-state index is 11.6. The van der Waals surface area contributed by atoms with Crippen LogP contribution in [0.25, 0.3) is 0 Å². The van der Waals surface area contributed by atoms with E-state index in [0.29, 0.717) is 11.8 Å². The molecule has 13 heavy (non-hydrogen) atoms. The van der Waals surface area contributed by atoms with E-state index in [1.165, 1.54) is 0 Å². The topological polar surface area (TPSA) is 55.1 Å². The van der Waals surface area contributed by atoms with E-state index in [9.17, 15) is 4.79 Å². The highest BCUT2D eigenvalue weighted by molar-refractivity contribution is 7.99. The Bertz CT molecular complexity index is 192. The summed E-state index contributed by atoms with van der Waals surface area (Å²) in [7, 11) is 0. The molecule has 1 amide bonds. The average Bonchev–Trinajstić information content (AvgIpc) is 2.94. The van der Waals surface area contributed by atoms with Crippen LogP contribution < -0.4 is 11.1 Å². The van der Waals surface area contributed by atoms with Crippen molar-refractivity contribution in [2.45, 2.75) is 25.0 Å². The average molecular weight is 202 g/mol. The second-order valence-corrected chi connectivity index (χ2v) is 5.02. The fourth-order valence-corrected chi connectivity index (χ4v) is 1.43. The zero-order valence-corrected chi connectivity index (χ0v) is 9.12. The van der Waals surface area contributed by atoms with E-state index in [1.807, 2.05) is 6.26 Å². The van der Waals surface area contributed by atoms with Gasteiger partial charge in [-0.2, -0.15) is 11.8 Å². The van der Waals surface area contributed by atoms with Crippen molar-refractivity contribution >= 4 is 17.7 Å². The molecule has 0 aromatic carbocycles. The molecule has 1 saturated carbocycles. The third-order valence-electron chi connectivity index (χ3n) is 2.68. The lowest BCUT2D eigenvalue weighted by Crippen LogP contribution is -2.39. The van der Waals surface area contributed by atoms with E-state index < -0.39 is 0 Å². The van der Waals surface area contributed by atoms with Gasteiger partial charge in [-0.25, -0.2) is 0 Å². The van der Waals surface area contributed by atoms with Crippen molar-refractivity contribution in [2.24, 2.45) is 11.1 Å². The van der Waals surface area contributed by atoms with Crippen molar-refractivity contribution in [1.29, 1.82) is 0 Å². The Morgan fingerprint density at radius 1 is 1.69 bits per heavy atom. The van der Waals surface area contributed by atoms with Crippen LogP contribution in [0.3, 0.4) is 0 Å². The van der Waals surface area contributed by atoms with Crippen LogP contribution in [0.15, 0.2) is 0 Å². The summed E-state index contributed by atoms with van der Waals surface area (Å²) in [6, 6.07) is 0. The number of amides is 1. The van der Waals surface area contributed by atoms with Gasteiger partial charge in [-0.15, -0.1) is 0 Å². The van der Waals surface area contributed by atoms with Gasteiger partial charge < -0.3 is 11.1 Å². The molecule has 76 valence electrons. The zero-order chi connectivity index (χ0) is 9.90. The number of nitrogens with one attached hydrogen (secondary N) is 1. The minimum atomic E-state index is -0.196. The first-order valence-electron chi connectivity index (χ1n) is 4.66. The second-order valence-electron chi connectivity index (χ2n) is 3.74. The molecular weight excluding hydrogens is 184 g/mol. The predicted molar refractivity (Wildman–Crippen MR) is 56.7 cm³/mol. The quantitative estimate of drug-likeness (QED) is 0.686. The maximum absolute atomic E-state index is 11.6. The van der Waals surface area contributed by atoms with Crippen molar-refractivity contribution in [3.05, 3.63) is 0 Å². The summed E-state index contributed by atoms with van der Waals surface area (Å²) >= 11 is 1.76. The molecule has 3 nitrogen and oxygen atoms in total. The smallest absolute Gasteiger partial charge is 0.227 e. The Balaban J connectivity index is 2.26. The van der Waals surface area contributed by atoms with Gasteiger partial charge >= 0.3 is 0 Å². The molecule has 3 N–H and O–H groups in total. The molecule has 0 aliphatic heterocycles.